The van der Waals surface area contributed by atoms with E-state index in [0.717, 1.165) is 83.5 Å². The molecule has 0 saturated carbocycles. The Balaban J connectivity index is 1.89. The summed E-state index contributed by atoms with van der Waals surface area (Å²) in [6, 6.07) is 0. The van der Waals surface area contributed by atoms with E-state index in [4.69, 9.17) is 28.4 Å². The molecule has 0 radical (unpaired) electrons. The second kappa shape index (κ2) is 29.2. The number of aliphatic hydroxyl groups is 7. The van der Waals surface area contributed by atoms with Crippen molar-refractivity contribution in [3.05, 3.63) is 24.3 Å². The van der Waals surface area contributed by atoms with Gasteiger partial charge in [-0.3, -0.25) is 9.59 Å². The van der Waals surface area contributed by atoms with Crippen molar-refractivity contribution in [1.29, 1.82) is 0 Å². The fraction of sp³-hybridized carbons (Fsp3) is 0.850. The molecular weight excluding hydrogens is 720 g/mol. The van der Waals surface area contributed by atoms with E-state index in [9.17, 15) is 45.3 Å². The third kappa shape index (κ3) is 19.3. The minimum Gasteiger partial charge on any atom is -0.462 e. The molecule has 2 saturated heterocycles. The van der Waals surface area contributed by atoms with Crippen LogP contribution < -0.4 is 0 Å². The molecule has 2 aliphatic rings. The lowest BCUT2D eigenvalue weighted by Crippen LogP contribution is -2.61. The number of ether oxygens (including phenoxy) is 6. The summed E-state index contributed by atoms with van der Waals surface area (Å²) in [5.41, 5.74) is 0. The maximum absolute atomic E-state index is 12.8. The van der Waals surface area contributed by atoms with E-state index in [1.807, 2.05) is 0 Å². The summed E-state index contributed by atoms with van der Waals surface area (Å²) in [5.74, 6) is -0.955. The molecule has 320 valence electrons. The summed E-state index contributed by atoms with van der Waals surface area (Å²) in [6.45, 7) is 2.39. The van der Waals surface area contributed by atoms with Gasteiger partial charge in [-0.25, -0.2) is 0 Å². The average molecular weight is 791 g/mol. The van der Waals surface area contributed by atoms with Crippen molar-refractivity contribution in [3.8, 4) is 0 Å². The molecule has 0 aromatic rings. The number of esters is 2. The van der Waals surface area contributed by atoms with Crippen LogP contribution in [-0.4, -0.2) is 142 Å². The van der Waals surface area contributed by atoms with Gasteiger partial charge in [0.25, 0.3) is 0 Å². The Hall–Kier alpha value is -2.02. The predicted octanol–water partition coefficient (Wildman–Crippen LogP) is 2.87. The highest BCUT2D eigenvalue weighted by Crippen LogP contribution is 2.26. The Morgan fingerprint density at radius 2 is 1.13 bits per heavy atom. The molecule has 7 N–H and O–H groups in total. The van der Waals surface area contributed by atoms with E-state index in [-0.39, 0.29) is 26.1 Å². The lowest BCUT2D eigenvalue weighted by Gasteiger charge is -2.42. The molecule has 15 nitrogen and oxygen atoms in total. The van der Waals surface area contributed by atoms with Crippen molar-refractivity contribution in [2.75, 3.05) is 26.4 Å². The van der Waals surface area contributed by atoms with Gasteiger partial charge in [0.1, 0.15) is 55.4 Å². The molecule has 0 amide bonds. The number of unbranched alkanes of at least 4 members (excludes halogenated alkanes) is 11. The van der Waals surface area contributed by atoms with E-state index >= 15 is 0 Å². The first kappa shape index (κ1) is 49.1. The summed E-state index contributed by atoms with van der Waals surface area (Å²) in [5, 5.41) is 71.5. The topological polar surface area (TPSA) is 231 Å². The lowest BCUT2D eigenvalue weighted by atomic mass is 9.98. The number of hydrogen-bond acceptors (Lipinski definition) is 15. The number of aliphatic hydroxyl groups excluding tert-OH is 7. The van der Waals surface area contributed by atoms with Crippen LogP contribution in [0.5, 0.6) is 0 Å². The minimum absolute atomic E-state index is 0.150. The average Bonchev–Trinajstić information content (AvgIpc) is 3.18. The van der Waals surface area contributed by atoms with Crippen molar-refractivity contribution in [2.24, 2.45) is 0 Å². The highest BCUT2D eigenvalue weighted by atomic mass is 16.7. The van der Waals surface area contributed by atoms with Gasteiger partial charge in [0.05, 0.1) is 19.8 Å². The zero-order chi connectivity index (χ0) is 40.4. The van der Waals surface area contributed by atoms with Crippen molar-refractivity contribution in [1.82, 2.24) is 0 Å². The van der Waals surface area contributed by atoms with Crippen LogP contribution in [0, 0.1) is 0 Å². The van der Waals surface area contributed by atoms with E-state index in [1.165, 1.54) is 0 Å². The van der Waals surface area contributed by atoms with Crippen LogP contribution in [0.3, 0.4) is 0 Å². The molecule has 0 aromatic carbocycles. The van der Waals surface area contributed by atoms with Crippen LogP contribution in [0.25, 0.3) is 0 Å². The van der Waals surface area contributed by atoms with Crippen LogP contribution in [0.15, 0.2) is 24.3 Å². The molecule has 2 fully saturated rings. The Bertz CT molecular complexity index is 1070. The fourth-order valence-corrected chi connectivity index (χ4v) is 6.19. The smallest absolute Gasteiger partial charge is 0.306 e. The molecule has 2 aliphatic heterocycles. The Morgan fingerprint density at radius 3 is 1.76 bits per heavy atom. The molecule has 15 heteroatoms. The van der Waals surface area contributed by atoms with E-state index in [2.05, 4.69) is 38.2 Å². The molecule has 0 spiro atoms. The zero-order valence-electron chi connectivity index (χ0n) is 32.9. The van der Waals surface area contributed by atoms with Gasteiger partial charge in [0.2, 0.25) is 0 Å². The van der Waals surface area contributed by atoms with Crippen molar-refractivity contribution < 1.29 is 73.8 Å². The standard InChI is InChI=1S/C40H70O15/c1-3-5-7-9-11-12-13-14-15-16-17-19-21-23-32(43)53-28(25-50-31(42)22-20-18-10-8-6-4-2)26-51-39-38(49)36(47)34(45)30(55-39)27-52-40-37(48)35(46)33(44)29(24-41)54-40/h7,9,12-13,28-30,33-41,44-49H,3-6,8,10-11,14-27H2,1-2H3/b9-7-,13-12-. The van der Waals surface area contributed by atoms with Crippen LogP contribution in [0.2, 0.25) is 0 Å². The highest BCUT2D eigenvalue weighted by Gasteiger charge is 2.47. The molecule has 0 bridgehead atoms. The summed E-state index contributed by atoms with van der Waals surface area (Å²) in [6.07, 6.45) is 7.02. The minimum atomic E-state index is -1.76. The Morgan fingerprint density at radius 1 is 0.582 bits per heavy atom. The molecule has 2 heterocycles. The zero-order valence-corrected chi connectivity index (χ0v) is 32.9. The maximum atomic E-state index is 12.8. The van der Waals surface area contributed by atoms with E-state index in [1.54, 1.807) is 0 Å². The monoisotopic (exact) mass is 790 g/mol. The van der Waals surface area contributed by atoms with Crippen LogP contribution >= 0.6 is 0 Å². The second-order valence-corrected chi connectivity index (χ2v) is 14.5. The van der Waals surface area contributed by atoms with Gasteiger partial charge in [-0.15, -0.1) is 0 Å². The SMILES string of the molecule is CCC/C=C\C/C=C\CCCCCCCC(=O)OC(COC(=O)CCCCCCCC)COC1OC(COC2OC(CO)C(O)C(O)C2O)C(O)C(O)C1O. The summed E-state index contributed by atoms with van der Waals surface area (Å²) < 4.78 is 33.2. The molecular formula is C40H70O15. The molecule has 0 aromatic heterocycles. The fourth-order valence-electron chi connectivity index (χ4n) is 6.19. The van der Waals surface area contributed by atoms with Crippen molar-refractivity contribution >= 4 is 11.9 Å². The number of hydrogen-bond donors (Lipinski definition) is 7. The van der Waals surface area contributed by atoms with E-state index < -0.39 is 92.7 Å². The third-order valence-corrected chi connectivity index (χ3v) is 9.66. The lowest BCUT2D eigenvalue weighted by molar-refractivity contribution is -0.332. The molecule has 11 unspecified atom stereocenters. The second-order valence-electron chi connectivity index (χ2n) is 14.5. The van der Waals surface area contributed by atoms with Crippen LogP contribution in [0.1, 0.15) is 123 Å². The van der Waals surface area contributed by atoms with Gasteiger partial charge in [-0.05, 0) is 38.5 Å². The molecule has 55 heavy (non-hydrogen) atoms. The maximum Gasteiger partial charge on any atom is 0.306 e. The largest absolute Gasteiger partial charge is 0.462 e. The number of carbonyl (C=O) groups is 2. The third-order valence-electron chi connectivity index (χ3n) is 9.66. The predicted molar refractivity (Wildman–Crippen MR) is 201 cm³/mol. The van der Waals surface area contributed by atoms with E-state index in [0.29, 0.717) is 12.8 Å². The molecule has 11 atom stereocenters. The Labute approximate surface area is 326 Å². The number of rotatable bonds is 29. The van der Waals surface area contributed by atoms with Crippen molar-refractivity contribution in [2.45, 2.75) is 191 Å². The van der Waals surface area contributed by atoms with Gasteiger partial charge in [-0.1, -0.05) is 95.9 Å². The van der Waals surface area contributed by atoms with Gasteiger partial charge in [-0.2, -0.15) is 0 Å². The summed E-state index contributed by atoms with van der Waals surface area (Å²) >= 11 is 0. The first-order valence-electron chi connectivity index (χ1n) is 20.4. The summed E-state index contributed by atoms with van der Waals surface area (Å²) in [7, 11) is 0. The first-order chi connectivity index (χ1) is 26.5. The molecule has 0 aliphatic carbocycles. The quantitative estimate of drug-likeness (QED) is 0.0328. The van der Waals surface area contributed by atoms with Gasteiger partial charge in [0, 0.05) is 12.8 Å². The van der Waals surface area contributed by atoms with Gasteiger partial charge >= 0.3 is 11.9 Å². The molecule has 2 rings (SSSR count). The number of allylic oxidation sites excluding steroid dienone is 4. The van der Waals surface area contributed by atoms with Crippen molar-refractivity contribution in [3.63, 3.8) is 0 Å². The first-order valence-corrected chi connectivity index (χ1v) is 20.4. The number of carbonyl (C=O) groups excluding carboxylic acids is 2. The Kier molecular flexibility index (Phi) is 26.1. The van der Waals surface area contributed by atoms with Crippen LogP contribution in [0.4, 0.5) is 0 Å². The van der Waals surface area contributed by atoms with Gasteiger partial charge < -0.3 is 64.2 Å². The van der Waals surface area contributed by atoms with Crippen LogP contribution in [-0.2, 0) is 38.0 Å². The summed E-state index contributed by atoms with van der Waals surface area (Å²) in [4.78, 5) is 25.3. The normalized spacial score (nSPS) is 29.2. The highest BCUT2D eigenvalue weighted by molar-refractivity contribution is 5.70. The van der Waals surface area contributed by atoms with Gasteiger partial charge in [0.15, 0.2) is 18.7 Å².